The molecule has 0 fully saturated rings. The van der Waals surface area contributed by atoms with Crippen molar-refractivity contribution in [2.24, 2.45) is 0 Å². The van der Waals surface area contributed by atoms with Crippen LogP contribution < -0.4 is 0 Å². The zero-order chi connectivity index (χ0) is 15.2. The summed E-state index contributed by atoms with van der Waals surface area (Å²) >= 11 is 38.2. The quantitative estimate of drug-likeness (QED) is 0.374. The molecule has 110 valence electrons. The molecule has 0 radical (unpaired) electrons. The lowest BCUT2D eigenvalue weighted by molar-refractivity contribution is -0.170. The first-order valence-electron chi connectivity index (χ1n) is 3.43. The highest BCUT2D eigenvalue weighted by molar-refractivity contribution is 6.58. The van der Waals surface area contributed by atoms with Gasteiger partial charge in [-0.15, -0.1) is 0 Å². The van der Waals surface area contributed by atoms with Gasteiger partial charge in [0, 0.05) is 0 Å². The third-order valence-electron chi connectivity index (χ3n) is 1.31. The lowest BCUT2D eigenvalue weighted by Crippen LogP contribution is -2.54. The van der Waals surface area contributed by atoms with Gasteiger partial charge in [0.05, 0.1) is 0 Å². The fourth-order valence-corrected chi connectivity index (χ4v) is 1.69. The molecule has 0 aliphatic heterocycles. The van der Waals surface area contributed by atoms with Crippen LogP contribution in [0.15, 0.2) is 0 Å². The smallest absolute Gasteiger partial charge is 0.288 e. The van der Waals surface area contributed by atoms with Crippen molar-refractivity contribution >= 4 is 92.8 Å². The van der Waals surface area contributed by atoms with Gasteiger partial charge < -0.3 is 0 Å². The van der Waals surface area contributed by atoms with Crippen molar-refractivity contribution in [3.8, 4) is 0 Å². The Morgan fingerprint density at radius 1 is 0.611 bits per heavy atom. The molecule has 0 amide bonds. The van der Waals surface area contributed by atoms with E-state index >= 15 is 0 Å². The lowest BCUT2D eigenvalue weighted by atomic mass is 10.4. The molecule has 13 heteroatoms. The van der Waals surface area contributed by atoms with Crippen molar-refractivity contribution < 1.29 is 22.3 Å². The van der Waals surface area contributed by atoms with E-state index in [1.807, 2.05) is 0 Å². The lowest BCUT2D eigenvalue weighted by Gasteiger charge is -2.38. The first-order chi connectivity index (χ1) is 7.46. The van der Waals surface area contributed by atoms with Crippen molar-refractivity contribution in [3.05, 3.63) is 0 Å². The third-order valence-corrected chi connectivity index (χ3v) is 4.43. The van der Waals surface area contributed by atoms with Crippen LogP contribution >= 0.6 is 92.8 Å². The molecular formula is C5Cl8F4O. The van der Waals surface area contributed by atoms with Crippen molar-refractivity contribution in [3.63, 3.8) is 0 Å². The molecule has 2 atom stereocenters. The third kappa shape index (κ3) is 4.25. The van der Waals surface area contributed by atoms with Crippen molar-refractivity contribution in [2.75, 3.05) is 0 Å². The summed E-state index contributed by atoms with van der Waals surface area (Å²) in [7, 11) is 0. The maximum Gasteiger partial charge on any atom is 0.352 e. The Hall–Kier alpha value is 2.00. The van der Waals surface area contributed by atoms with Crippen LogP contribution in [0.3, 0.4) is 0 Å². The Labute approximate surface area is 138 Å². The number of alkyl halides is 12. The van der Waals surface area contributed by atoms with Gasteiger partial charge in [0.2, 0.25) is 0 Å². The average molecular weight is 436 g/mol. The van der Waals surface area contributed by atoms with Crippen LogP contribution in [-0.4, -0.2) is 24.1 Å². The van der Waals surface area contributed by atoms with Gasteiger partial charge in [0.15, 0.2) is 0 Å². The normalized spacial score (nSPS) is 21.3. The highest BCUT2D eigenvalue weighted by Gasteiger charge is 2.69. The van der Waals surface area contributed by atoms with Gasteiger partial charge in [-0.25, -0.2) is 8.78 Å². The number of ether oxygens (including phenoxy) is 1. The number of hydrogen-bond acceptors (Lipinski definition) is 1. The summed E-state index contributed by atoms with van der Waals surface area (Å²) in [6, 6.07) is 0. The zero-order valence-corrected chi connectivity index (χ0v) is 13.5. The molecule has 0 spiro atoms. The van der Waals surface area contributed by atoms with E-state index in [-0.39, 0.29) is 0 Å². The Balaban J connectivity index is 5.33. The minimum Gasteiger partial charge on any atom is -0.288 e. The minimum atomic E-state index is -4.19. The minimum absolute atomic E-state index is 3.66. The van der Waals surface area contributed by atoms with Crippen LogP contribution in [0.25, 0.3) is 0 Å². The van der Waals surface area contributed by atoms with Gasteiger partial charge in [-0.1, -0.05) is 81.2 Å². The number of hydrogen-bond donors (Lipinski definition) is 0. The summed E-state index contributed by atoms with van der Waals surface area (Å²) in [6.07, 6.45) is 0. The van der Waals surface area contributed by atoms with E-state index in [0.717, 1.165) is 0 Å². The Morgan fingerprint density at radius 3 is 1.17 bits per heavy atom. The SMILES string of the molecule is FC(Cl)(Cl)C(F)(Cl)OC(Cl)(Cl)C(F)(Cl)C(F)(Cl)Cl. The van der Waals surface area contributed by atoms with Gasteiger partial charge in [0.1, 0.15) is 0 Å². The predicted molar refractivity (Wildman–Crippen MR) is 66.0 cm³/mol. The topological polar surface area (TPSA) is 9.23 Å². The van der Waals surface area contributed by atoms with E-state index in [1.165, 1.54) is 0 Å². The van der Waals surface area contributed by atoms with Crippen molar-refractivity contribution in [1.82, 2.24) is 0 Å². The molecule has 0 heterocycles. The van der Waals surface area contributed by atoms with Crippen LogP contribution in [0.2, 0.25) is 0 Å². The van der Waals surface area contributed by atoms with E-state index in [4.69, 9.17) is 46.4 Å². The summed E-state index contributed by atoms with van der Waals surface area (Å²) in [5, 5.41) is -8.34. The maximum atomic E-state index is 13.6. The molecule has 0 aliphatic carbocycles. The Morgan fingerprint density at radius 2 is 0.944 bits per heavy atom. The molecule has 0 aliphatic rings. The summed E-state index contributed by atoms with van der Waals surface area (Å²) in [6.45, 7) is 0. The molecule has 0 aromatic carbocycles. The van der Waals surface area contributed by atoms with Gasteiger partial charge in [0.25, 0.3) is 4.52 Å². The van der Waals surface area contributed by atoms with Gasteiger partial charge >= 0.3 is 19.6 Å². The number of halogens is 12. The van der Waals surface area contributed by atoms with Crippen LogP contribution in [0, 0.1) is 0 Å². The van der Waals surface area contributed by atoms with Crippen molar-refractivity contribution in [1.29, 1.82) is 0 Å². The summed E-state index contributed by atoms with van der Waals surface area (Å²) in [4.78, 5) is 0. The average Bonchev–Trinajstić information content (AvgIpc) is 1.96. The molecule has 0 saturated carbocycles. The van der Waals surface area contributed by atoms with Crippen LogP contribution in [0.1, 0.15) is 0 Å². The van der Waals surface area contributed by atoms with E-state index in [2.05, 4.69) is 51.1 Å². The number of rotatable bonds is 5. The van der Waals surface area contributed by atoms with Gasteiger partial charge in [-0.05, 0) is 11.6 Å². The molecule has 0 saturated heterocycles. The zero-order valence-electron chi connectivity index (χ0n) is 7.44. The predicted octanol–water partition coefficient (Wildman–Crippen LogP) is 6.10. The second kappa shape index (κ2) is 5.65. The van der Waals surface area contributed by atoms with Crippen LogP contribution in [-0.2, 0) is 4.74 Å². The molecule has 0 bridgehead atoms. The van der Waals surface area contributed by atoms with Crippen molar-refractivity contribution in [2.45, 2.75) is 24.1 Å². The monoisotopic (exact) mass is 432 g/mol. The largest absolute Gasteiger partial charge is 0.352 e. The van der Waals surface area contributed by atoms with Gasteiger partial charge in [-0.2, -0.15) is 8.78 Å². The van der Waals surface area contributed by atoms with E-state index in [9.17, 15) is 17.6 Å². The highest BCUT2D eigenvalue weighted by atomic mass is 35.5. The van der Waals surface area contributed by atoms with E-state index < -0.39 is 24.1 Å². The molecule has 1 nitrogen and oxygen atoms in total. The fourth-order valence-electron chi connectivity index (χ4n) is 0.448. The fraction of sp³-hybridized carbons (Fsp3) is 1.00. The molecule has 0 aromatic heterocycles. The standard InChI is InChI=1S/C5Cl8F4O/c6-1(14,2(7,8)15)4(11,12)18-5(13,17)3(9,10)16. The molecule has 0 aromatic rings. The Bertz CT molecular complexity index is 308. The molecule has 18 heavy (non-hydrogen) atoms. The second-order valence-corrected chi connectivity index (χ2v) is 7.44. The Kier molecular flexibility index (Phi) is 6.28. The molecule has 0 N–H and O–H groups in total. The van der Waals surface area contributed by atoms with Crippen LogP contribution in [0.4, 0.5) is 17.6 Å². The molecule has 0 rings (SSSR count). The van der Waals surface area contributed by atoms with E-state index in [0.29, 0.717) is 0 Å². The first kappa shape index (κ1) is 20.0. The summed E-state index contributed by atoms with van der Waals surface area (Å²) in [5.41, 5.74) is 0. The first-order valence-corrected chi connectivity index (χ1v) is 6.45. The maximum absolute atomic E-state index is 13.6. The molecule has 2 unspecified atom stereocenters. The molecular weight excluding hydrogens is 436 g/mol. The van der Waals surface area contributed by atoms with Gasteiger partial charge in [-0.3, -0.25) is 4.74 Å². The van der Waals surface area contributed by atoms with Crippen LogP contribution in [0.5, 0.6) is 0 Å². The summed E-state index contributed by atoms with van der Waals surface area (Å²) < 4.78 is 44.8. The highest BCUT2D eigenvalue weighted by Crippen LogP contribution is 2.57. The summed E-state index contributed by atoms with van der Waals surface area (Å²) in [5.74, 6) is 0. The van der Waals surface area contributed by atoms with E-state index in [1.54, 1.807) is 0 Å². The second-order valence-electron chi connectivity index (χ2n) is 2.71.